The summed E-state index contributed by atoms with van der Waals surface area (Å²) in [6, 6.07) is 7.40. The van der Waals surface area contributed by atoms with Crippen LogP contribution in [-0.2, 0) is 0 Å². The Labute approximate surface area is 177 Å². The van der Waals surface area contributed by atoms with Crippen molar-refractivity contribution in [2.45, 2.75) is 13.0 Å². The van der Waals surface area contributed by atoms with Crippen LogP contribution < -0.4 is 4.74 Å². The fraction of sp³-hybridized carbons (Fsp3) is 0.190. The fourth-order valence-corrected chi connectivity index (χ4v) is 3.12. The molecule has 0 aliphatic carbocycles. The summed E-state index contributed by atoms with van der Waals surface area (Å²) in [5.41, 5.74) is 2.27. The topological polar surface area (TPSA) is 120 Å². The van der Waals surface area contributed by atoms with Gasteiger partial charge in [-0.25, -0.2) is 9.97 Å². The molecule has 3 aromatic heterocycles. The van der Waals surface area contributed by atoms with Crippen molar-refractivity contribution in [2.75, 3.05) is 13.1 Å². The van der Waals surface area contributed by atoms with Crippen LogP contribution in [0.1, 0.15) is 16.2 Å². The summed E-state index contributed by atoms with van der Waals surface area (Å²) in [6.45, 7) is 2.74. The van der Waals surface area contributed by atoms with Crippen LogP contribution in [0.15, 0.2) is 59.8 Å². The molecule has 4 heterocycles. The average molecular weight is 415 g/mol. The first-order valence-corrected chi connectivity index (χ1v) is 9.61. The van der Waals surface area contributed by atoms with E-state index in [4.69, 9.17) is 9.26 Å². The van der Waals surface area contributed by atoms with E-state index >= 15 is 0 Å². The molecule has 4 aromatic rings. The molecule has 0 spiro atoms. The molecule has 0 bridgehead atoms. The molecule has 31 heavy (non-hydrogen) atoms. The molecule has 1 aliphatic heterocycles. The van der Waals surface area contributed by atoms with Crippen LogP contribution in [-0.4, -0.2) is 60.1 Å². The van der Waals surface area contributed by atoms with Crippen LogP contribution in [0.4, 0.5) is 0 Å². The minimum absolute atomic E-state index is 0.147. The molecule has 0 saturated carbocycles. The minimum atomic E-state index is -0.161. The second kappa shape index (κ2) is 7.90. The van der Waals surface area contributed by atoms with Gasteiger partial charge in [0.2, 0.25) is 5.82 Å². The maximum absolute atomic E-state index is 12.5. The summed E-state index contributed by atoms with van der Waals surface area (Å²) in [7, 11) is 0. The number of carbonyl (C=O) groups is 1. The van der Waals surface area contributed by atoms with Gasteiger partial charge in [0.05, 0.1) is 36.7 Å². The van der Waals surface area contributed by atoms with Gasteiger partial charge in [-0.15, -0.1) is 0 Å². The second-order valence-electron chi connectivity index (χ2n) is 7.00. The number of rotatable bonds is 5. The molecule has 0 atom stereocenters. The molecule has 5 rings (SSSR count). The standard InChI is InChI=1S/C21H17N7O3/c1-13-8-25-17(10-24-13)21(29)28-11-14(12-28)30-18-5-3-2-4-15(18)20-26-19(27-31-20)16-9-22-6-7-23-16/h2-10,14H,11-12H2,1H3. The maximum atomic E-state index is 12.5. The van der Waals surface area contributed by atoms with E-state index in [0.29, 0.717) is 47.5 Å². The smallest absolute Gasteiger partial charge is 0.274 e. The molecule has 1 aliphatic rings. The molecule has 0 N–H and O–H groups in total. The molecule has 0 unspecified atom stereocenters. The molecule has 1 aromatic carbocycles. The van der Waals surface area contributed by atoms with Crippen LogP contribution in [0, 0.1) is 6.92 Å². The minimum Gasteiger partial charge on any atom is -0.486 e. The summed E-state index contributed by atoms with van der Waals surface area (Å²) in [5.74, 6) is 1.10. The van der Waals surface area contributed by atoms with Crippen molar-refractivity contribution in [3.05, 3.63) is 66.6 Å². The summed E-state index contributed by atoms with van der Waals surface area (Å²) in [5, 5.41) is 3.98. The normalized spacial score (nSPS) is 13.6. The molecule has 10 nitrogen and oxygen atoms in total. The number of hydrogen-bond acceptors (Lipinski definition) is 9. The Bertz CT molecular complexity index is 1210. The Kier molecular flexibility index (Phi) is 4.79. The van der Waals surface area contributed by atoms with Gasteiger partial charge in [-0.05, 0) is 19.1 Å². The lowest BCUT2D eigenvalue weighted by molar-refractivity contribution is 0.0174. The van der Waals surface area contributed by atoms with Crippen LogP contribution >= 0.6 is 0 Å². The monoisotopic (exact) mass is 415 g/mol. The molecule has 1 saturated heterocycles. The van der Waals surface area contributed by atoms with Crippen molar-refractivity contribution in [3.8, 4) is 28.7 Å². The Morgan fingerprint density at radius 3 is 2.74 bits per heavy atom. The highest BCUT2D eigenvalue weighted by Gasteiger charge is 2.34. The first-order valence-electron chi connectivity index (χ1n) is 9.61. The lowest BCUT2D eigenvalue weighted by atomic mass is 10.1. The van der Waals surface area contributed by atoms with Crippen LogP contribution in [0.3, 0.4) is 0 Å². The summed E-state index contributed by atoms with van der Waals surface area (Å²) in [4.78, 5) is 35.0. The highest BCUT2D eigenvalue weighted by atomic mass is 16.5. The van der Waals surface area contributed by atoms with Crippen LogP contribution in [0.25, 0.3) is 23.0 Å². The van der Waals surface area contributed by atoms with Gasteiger partial charge in [-0.1, -0.05) is 17.3 Å². The molecule has 10 heteroatoms. The maximum Gasteiger partial charge on any atom is 0.274 e. The van der Waals surface area contributed by atoms with Gasteiger partial charge in [0.25, 0.3) is 11.8 Å². The molecule has 154 valence electrons. The van der Waals surface area contributed by atoms with Crippen molar-refractivity contribution in [1.82, 2.24) is 35.0 Å². The Hall–Kier alpha value is -4.21. The van der Waals surface area contributed by atoms with Gasteiger partial charge in [-0.2, -0.15) is 4.98 Å². The summed E-state index contributed by atoms with van der Waals surface area (Å²) < 4.78 is 11.5. The van der Waals surface area contributed by atoms with Gasteiger partial charge >= 0.3 is 0 Å². The number of nitrogens with zero attached hydrogens (tertiary/aromatic N) is 7. The Balaban J connectivity index is 1.28. The van der Waals surface area contributed by atoms with E-state index in [2.05, 4.69) is 30.1 Å². The lowest BCUT2D eigenvalue weighted by Gasteiger charge is -2.38. The number of aryl methyl sites for hydroxylation is 1. The first-order chi connectivity index (χ1) is 15.2. The van der Waals surface area contributed by atoms with Crippen molar-refractivity contribution in [1.29, 1.82) is 0 Å². The number of amides is 1. The second-order valence-corrected chi connectivity index (χ2v) is 7.00. The summed E-state index contributed by atoms with van der Waals surface area (Å²) >= 11 is 0. The van der Waals surface area contributed by atoms with Crippen molar-refractivity contribution < 1.29 is 14.1 Å². The predicted molar refractivity (Wildman–Crippen MR) is 108 cm³/mol. The van der Waals surface area contributed by atoms with Crippen molar-refractivity contribution >= 4 is 5.91 Å². The quantitative estimate of drug-likeness (QED) is 0.483. The predicted octanol–water partition coefficient (Wildman–Crippen LogP) is 2.20. The van der Waals surface area contributed by atoms with E-state index in [1.807, 2.05) is 31.2 Å². The van der Waals surface area contributed by atoms with Gasteiger partial charge in [0.1, 0.15) is 23.2 Å². The molecule has 1 amide bonds. The average Bonchev–Trinajstić information content (AvgIpc) is 3.27. The van der Waals surface area contributed by atoms with Crippen molar-refractivity contribution in [3.63, 3.8) is 0 Å². The van der Waals surface area contributed by atoms with Gasteiger partial charge in [-0.3, -0.25) is 14.8 Å². The highest BCUT2D eigenvalue weighted by molar-refractivity contribution is 5.92. The fourth-order valence-electron chi connectivity index (χ4n) is 3.12. The van der Waals surface area contributed by atoms with Gasteiger partial charge in [0, 0.05) is 18.6 Å². The number of aromatic nitrogens is 6. The Morgan fingerprint density at radius 2 is 1.97 bits per heavy atom. The molecular formula is C21H17N7O3. The third-order valence-corrected chi connectivity index (χ3v) is 4.76. The van der Waals surface area contributed by atoms with E-state index in [-0.39, 0.29) is 12.0 Å². The van der Waals surface area contributed by atoms with E-state index in [0.717, 1.165) is 5.69 Å². The van der Waals surface area contributed by atoms with E-state index < -0.39 is 0 Å². The lowest BCUT2D eigenvalue weighted by Crippen LogP contribution is -2.56. The largest absolute Gasteiger partial charge is 0.486 e. The first kappa shape index (κ1) is 18.8. The van der Waals surface area contributed by atoms with Crippen LogP contribution in [0.2, 0.25) is 0 Å². The van der Waals surface area contributed by atoms with Crippen molar-refractivity contribution in [2.24, 2.45) is 0 Å². The third-order valence-electron chi connectivity index (χ3n) is 4.76. The number of carbonyl (C=O) groups excluding carboxylic acids is 1. The molecule has 1 fully saturated rings. The zero-order valence-electron chi connectivity index (χ0n) is 16.5. The SMILES string of the molecule is Cc1cnc(C(=O)N2CC(Oc3ccccc3-c3nc(-c4cnccn4)no3)C2)cn1. The highest BCUT2D eigenvalue weighted by Crippen LogP contribution is 2.31. The zero-order chi connectivity index (χ0) is 21.2. The van der Waals surface area contributed by atoms with Gasteiger partial charge in [0.15, 0.2) is 0 Å². The number of likely N-dealkylation sites (tertiary alicyclic amines) is 1. The molecular weight excluding hydrogens is 398 g/mol. The number of hydrogen-bond donors (Lipinski definition) is 0. The van der Waals surface area contributed by atoms with E-state index in [1.54, 1.807) is 29.7 Å². The Morgan fingerprint density at radius 1 is 1.10 bits per heavy atom. The molecule has 0 radical (unpaired) electrons. The number of ether oxygens (including phenoxy) is 1. The van der Waals surface area contributed by atoms with E-state index in [1.165, 1.54) is 6.20 Å². The van der Waals surface area contributed by atoms with E-state index in [9.17, 15) is 4.79 Å². The zero-order valence-corrected chi connectivity index (χ0v) is 16.5. The third kappa shape index (κ3) is 3.82. The van der Waals surface area contributed by atoms with Crippen LogP contribution in [0.5, 0.6) is 5.75 Å². The van der Waals surface area contributed by atoms with Gasteiger partial charge < -0.3 is 14.2 Å². The number of benzene rings is 1. The number of para-hydroxylation sites is 1. The summed E-state index contributed by atoms with van der Waals surface area (Å²) in [6.07, 6.45) is 7.63.